The third-order valence-electron chi connectivity index (χ3n) is 3.05. The van der Waals surface area contributed by atoms with Gasteiger partial charge in [-0.3, -0.25) is 0 Å². The molecular formula is C16H26ClNO. The van der Waals surface area contributed by atoms with Gasteiger partial charge in [0.2, 0.25) is 0 Å². The van der Waals surface area contributed by atoms with E-state index in [4.69, 9.17) is 16.3 Å². The van der Waals surface area contributed by atoms with Crippen molar-refractivity contribution in [2.24, 2.45) is 5.92 Å². The number of likely N-dealkylation sites (N-methyl/N-ethyl adjacent to an activating group) is 1. The Kier molecular flexibility index (Phi) is 8.11. The van der Waals surface area contributed by atoms with E-state index < -0.39 is 0 Å². The van der Waals surface area contributed by atoms with Crippen LogP contribution < -0.4 is 5.32 Å². The summed E-state index contributed by atoms with van der Waals surface area (Å²) in [5.41, 5.74) is 1.15. The molecule has 1 unspecified atom stereocenters. The molecule has 0 aliphatic heterocycles. The Morgan fingerprint density at radius 2 is 2.11 bits per heavy atom. The van der Waals surface area contributed by atoms with E-state index in [0.717, 1.165) is 42.6 Å². The minimum absolute atomic E-state index is 0.0887. The summed E-state index contributed by atoms with van der Waals surface area (Å²) in [5, 5.41) is 4.12. The fourth-order valence-electron chi connectivity index (χ4n) is 1.97. The second-order valence-electron chi connectivity index (χ2n) is 5.26. The lowest BCUT2D eigenvalue weighted by atomic mass is 10.1. The van der Waals surface area contributed by atoms with Crippen molar-refractivity contribution in [2.75, 3.05) is 19.7 Å². The van der Waals surface area contributed by atoms with Crippen molar-refractivity contribution in [3.63, 3.8) is 0 Å². The van der Waals surface area contributed by atoms with Crippen LogP contribution in [0.25, 0.3) is 0 Å². The van der Waals surface area contributed by atoms with Gasteiger partial charge in [0.05, 0.1) is 6.10 Å². The van der Waals surface area contributed by atoms with Gasteiger partial charge in [0.25, 0.3) is 0 Å². The van der Waals surface area contributed by atoms with E-state index in [1.165, 1.54) is 6.42 Å². The zero-order valence-corrected chi connectivity index (χ0v) is 13.0. The topological polar surface area (TPSA) is 21.3 Å². The molecule has 0 fully saturated rings. The molecule has 0 saturated carbocycles. The summed E-state index contributed by atoms with van der Waals surface area (Å²) in [6.45, 7) is 9.18. The molecule has 0 aliphatic rings. The molecule has 1 atom stereocenters. The van der Waals surface area contributed by atoms with Crippen molar-refractivity contribution in [1.29, 1.82) is 0 Å². The number of nitrogens with one attached hydrogen (secondary N) is 1. The van der Waals surface area contributed by atoms with Crippen LogP contribution in [0.15, 0.2) is 24.3 Å². The van der Waals surface area contributed by atoms with E-state index in [9.17, 15) is 0 Å². The summed E-state index contributed by atoms with van der Waals surface area (Å²) in [5.74, 6) is 0.738. The van der Waals surface area contributed by atoms with Crippen LogP contribution in [0.4, 0.5) is 0 Å². The second-order valence-corrected chi connectivity index (χ2v) is 5.69. The summed E-state index contributed by atoms with van der Waals surface area (Å²) in [4.78, 5) is 0. The highest BCUT2D eigenvalue weighted by molar-refractivity contribution is 6.30. The SMILES string of the molecule is CCNCC(OCCCC(C)C)c1cccc(Cl)c1. The van der Waals surface area contributed by atoms with Gasteiger partial charge in [-0.15, -0.1) is 0 Å². The van der Waals surface area contributed by atoms with Crippen molar-refractivity contribution in [3.8, 4) is 0 Å². The molecule has 1 aromatic carbocycles. The molecule has 0 aromatic heterocycles. The minimum atomic E-state index is 0.0887. The Hall–Kier alpha value is -0.570. The lowest BCUT2D eigenvalue weighted by molar-refractivity contribution is 0.0490. The van der Waals surface area contributed by atoms with Crippen LogP contribution in [0.1, 0.15) is 45.3 Å². The zero-order chi connectivity index (χ0) is 14.1. The van der Waals surface area contributed by atoms with Crippen molar-refractivity contribution in [2.45, 2.75) is 39.7 Å². The summed E-state index contributed by atoms with van der Waals surface area (Å²) >= 11 is 6.05. The van der Waals surface area contributed by atoms with Gasteiger partial charge in [0, 0.05) is 18.2 Å². The molecule has 1 aromatic rings. The molecular weight excluding hydrogens is 258 g/mol. The Balaban J connectivity index is 2.51. The molecule has 108 valence electrons. The predicted octanol–water partition coefficient (Wildman–Crippen LogP) is 4.44. The summed E-state index contributed by atoms with van der Waals surface area (Å²) < 4.78 is 6.01. The lowest BCUT2D eigenvalue weighted by Gasteiger charge is -2.19. The van der Waals surface area contributed by atoms with Crippen molar-refractivity contribution < 1.29 is 4.74 Å². The van der Waals surface area contributed by atoms with Crippen LogP contribution in [0.2, 0.25) is 5.02 Å². The number of ether oxygens (including phenoxy) is 1. The summed E-state index contributed by atoms with van der Waals surface area (Å²) in [6, 6.07) is 7.95. The number of benzene rings is 1. The first-order chi connectivity index (χ1) is 9.13. The molecule has 0 spiro atoms. The van der Waals surface area contributed by atoms with E-state index in [1.807, 2.05) is 18.2 Å². The quantitative estimate of drug-likeness (QED) is 0.676. The fraction of sp³-hybridized carbons (Fsp3) is 0.625. The first-order valence-electron chi connectivity index (χ1n) is 7.21. The molecule has 0 heterocycles. The standard InChI is InChI=1S/C16H26ClNO/c1-4-18-12-16(19-10-6-7-13(2)3)14-8-5-9-15(17)11-14/h5,8-9,11,13,16,18H,4,6-7,10,12H2,1-3H3. The van der Waals surface area contributed by atoms with Crippen LogP contribution in [0.3, 0.4) is 0 Å². The Labute approximate surface area is 122 Å². The summed E-state index contributed by atoms with van der Waals surface area (Å²) in [6.07, 6.45) is 2.41. The molecule has 0 aliphatic carbocycles. The smallest absolute Gasteiger partial charge is 0.0949 e. The van der Waals surface area contributed by atoms with Crippen molar-refractivity contribution in [3.05, 3.63) is 34.9 Å². The lowest BCUT2D eigenvalue weighted by Crippen LogP contribution is -2.23. The molecule has 1 N–H and O–H groups in total. The number of halogens is 1. The molecule has 0 amide bonds. The van der Waals surface area contributed by atoms with E-state index in [-0.39, 0.29) is 6.10 Å². The highest BCUT2D eigenvalue weighted by atomic mass is 35.5. The predicted molar refractivity (Wildman–Crippen MR) is 82.8 cm³/mol. The highest BCUT2D eigenvalue weighted by Gasteiger charge is 2.11. The molecule has 3 heteroatoms. The Morgan fingerprint density at radius 3 is 2.74 bits per heavy atom. The van der Waals surface area contributed by atoms with E-state index in [2.05, 4.69) is 32.2 Å². The van der Waals surface area contributed by atoms with Gasteiger partial charge in [-0.25, -0.2) is 0 Å². The van der Waals surface area contributed by atoms with Crippen LogP contribution in [-0.4, -0.2) is 19.7 Å². The summed E-state index contributed by atoms with van der Waals surface area (Å²) in [7, 11) is 0. The maximum Gasteiger partial charge on any atom is 0.0949 e. The largest absolute Gasteiger partial charge is 0.372 e. The van der Waals surface area contributed by atoms with Crippen LogP contribution in [0.5, 0.6) is 0 Å². The average molecular weight is 284 g/mol. The molecule has 0 bridgehead atoms. The maximum absolute atomic E-state index is 6.05. The van der Waals surface area contributed by atoms with Crippen molar-refractivity contribution in [1.82, 2.24) is 5.32 Å². The normalized spacial score (nSPS) is 12.9. The van der Waals surface area contributed by atoms with Gasteiger partial charge < -0.3 is 10.1 Å². The average Bonchev–Trinajstić information content (AvgIpc) is 2.37. The number of hydrogen-bond donors (Lipinski definition) is 1. The van der Waals surface area contributed by atoms with E-state index >= 15 is 0 Å². The van der Waals surface area contributed by atoms with Gasteiger partial charge in [-0.1, -0.05) is 44.5 Å². The van der Waals surface area contributed by atoms with Crippen LogP contribution >= 0.6 is 11.6 Å². The van der Waals surface area contributed by atoms with Gasteiger partial charge in [-0.05, 0) is 43.0 Å². The number of rotatable bonds is 9. The number of hydrogen-bond acceptors (Lipinski definition) is 2. The van der Waals surface area contributed by atoms with E-state index in [1.54, 1.807) is 0 Å². The van der Waals surface area contributed by atoms with Gasteiger partial charge in [-0.2, -0.15) is 0 Å². The Bertz CT molecular complexity index is 354. The molecule has 1 rings (SSSR count). The van der Waals surface area contributed by atoms with Crippen LogP contribution in [0, 0.1) is 5.92 Å². The third-order valence-corrected chi connectivity index (χ3v) is 3.28. The molecule has 0 radical (unpaired) electrons. The molecule has 2 nitrogen and oxygen atoms in total. The first-order valence-corrected chi connectivity index (χ1v) is 7.59. The first kappa shape index (κ1) is 16.5. The highest BCUT2D eigenvalue weighted by Crippen LogP contribution is 2.21. The minimum Gasteiger partial charge on any atom is -0.372 e. The molecule has 0 saturated heterocycles. The third kappa shape index (κ3) is 6.95. The second kappa shape index (κ2) is 9.35. The van der Waals surface area contributed by atoms with Gasteiger partial charge in [0.15, 0.2) is 0 Å². The van der Waals surface area contributed by atoms with Crippen molar-refractivity contribution >= 4 is 11.6 Å². The maximum atomic E-state index is 6.05. The Morgan fingerprint density at radius 1 is 1.32 bits per heavy atom. The molecule has 19 heavy (non-hydrogen) atoms. The fourth-order valence-corrected chi connectivity index (χ4v) is 2.17. The zero-order valence-electron chi connectivity index (χ0n) is 12.3. The van der Waals surface area contributed by atoms with Gasteiger partial charge >= 0.3 is 0 Å². The monoisotopic (exact) mass is 283 g/mol. The van der Waals surface area contributed by atoms with Gasteiger partial charge in [0.1, 0.15) is 0 Å². The van der Waals surface area contributed by atoms with E-state index in [0.29, 0.717) is 0 Å². The van der Waals surface area contributed by atoms with Crippen LogP contribution in [-0.2, 0) is 4.74 Å².